The van der Waals surface area contributed by atoms with Crippen LogP contribution in [0, 0.1) is 5.82 Å². The zero-order valence-electron chi connectivity index (χ0n) is 9.22. The highest BCUT2D eigenvalue weighted by Crippen LogP contribution is 2.05. The van der Waals surface area contributed by atoms with Gasteiger partial charge in [-0.05, 0) is 12.1 Å². The largest absolute Gasteiger partial charge is 0.377 e. The van der Waals surface area contributed by atoms with Crippen LogP contribution < -0.4 is 5.56 Å². The molecule has 2 heterocycles. The van der Waals surface area contributed by atoms with Crippen LogP contribution in [0.1, 0.15) is 11.5 Å². The zero-order chi connectivity index (χ0) is 12.3. The molecule has 90 valence electrons. The topological polar surface area (TPSA) is 57.3 Å². The maximum absolute atomic E-state index is 13.0. The van der Waals surface area contributed by atoms with Crippen LogP contribution in [0.15, 0.2) is 33.7 Å². The first-order chi connectivity index (χ1) is 8.20. The maximum Gasteiger partial charge on any atom is 0.286 e. The first-order valence-corrected chi connectivity index (χ1v) is 4.99. The summed E-state index contributed by atoms with van der Waals surface area (Å²) in [6, 6.07) is 4.26. The second-order valence-corrected chi connectivity index (χ2v) is 3.51. The molecule has 0 bridgehead atoms. The normalized spacial score (nSPS) is 10.7. The van der Waals surface area contributed by atoms with Gasteiger partial charge >= 0.3 is 0 Å². The van der Waals surface area contributed by atoms with Crippen molar-refractivity contribution in [1.82, 2.24) is 9.72 Å². The molecule has 17 heavy (non-hydrogen) atoms. The van der Waals surface area contributed by atoms with Crippen molar-refractivity contribution in [3.05, 3.63) is 52.0 Å². The average Bonchev–Trinajstić information content (AvgIpc) is 2.73. The fourth-order valence-electron chi connectivity index (χ4n) is 1.45. The number of hydrogen-bond acceptors (Lipinski definition) is 4. The molecule has 0 aliphatic carbocycles. The van der Waals surface area contributed by atoms with E-state index in [0.717, 1.165) is 6.07 Å². The molecule has 5 nitrogen and oxygen atoms in total. The molecule has 2 rings (SSSR count). The fourth-order valence-corrected chi connectivity index (χ4v) is 1.45. The summed E-state index contributed by atoms with van der Waals surface area (Å²) in [4.78, 5) is 11.4. The van der Waals surface area contributed by atoms with Gasteiger partial charge in [-0.15, -0.1) is 0 Å². The molecule has 0 N–H and O–H groups in total. The Bertz CT molecular complexity index is 562. The van der Waals surface area contributed by atoms with Gasteiger partial charge in [0.1, 0.15) is 12.3 Å². The number of halogens is 1. The minimum Gasteiger partial charge on any atom is -0.377 e. The van der Waals surface area contributed by atoms with Gasteiger partial charge in [-0.2, -0.15) is 0 Å². The molecule has 0 aromatic carbocycles. The van der Waals surface area contributed by atoms with Crippen molar-refractivity contribution in [3.8, 4) is 0 Å². The predicted octanol–water partition coefficient (Wildman–Crippen LogP) is 1.17. The van der Waals surface area contributed by atoms with E-state index in [4.69, 9.17) is 9.26 Å². The minimum absolute atomic E-state index is 0.170. The molecule has 2 aromatic heterocycles. The van der Waals surface area contributed by atoms with Gasteiger partial charge in [0.15, 0.2) is 11.6 Å². The van der Waals surface area contributed by atoms with Gasteiger partial charge in [0.05, 0.1) is 6.54 Å². The van der Waals surface area contributed by atoms with Gasteiger partial charge in [0.2, 0.25) is 0 Å². The number of nitrogens with zero attached hydrogens (tertiary/aromatic N) is 2. The van der Waals surface area contributed by atoms with Gasteiger partial charge < -0.3 is 13.8 Å². The van der Waals surface area contributed by atoms with Crippen LogP contribution >= 0.6 is 0 Å². The summed E-state index contributed by atoms with van der Waals surface area (Å²) in [5, 5.41) is 3.76. The first-order valence-electron chi connectivity index (χ1n) is 4.99. The van der Waals surface area contributed by atoms with E-state index < -0.39 is 11.4 Å². The van der Waals surface area contributed by atoms with Crippen molar-refractivity contribution in [2.45, 2.75) is 13.2 Å². The summed E-state index contributed by atoms with van der Waals surface area (Å²) in [6.45, 7) is 0.481. The summed E-state index contributed by atoms with van der Waals surface area (Å²) >= 11 is 0. The van der Waals surface area contributed by atoms with Gasteiger partial charge in [-0.1, -0.05) is 5.16 Å². The number of aromatic nitrogens is 2. The van der Waals surface area contributed by atoms with E-state index in [2.05, 4.69) is 5.16 Å². The van der Waals surface area contributed by atoms with E-state index in [0.29, 0.717) is 18.1 Å². The summed E-state index contributed by atoms with van der Waals surface area (Å²) in [5.74, 6) is -0.222. The van der Waals surface area contributed by atoms with Crippen LogP contribution in [0.2, 0.25) is 0 Å². The van der Waals surface area contributed by atoms with Crippen LogP contribution in [-0.4, -0.2) is 16.8 Å². The molecule has 0 amide bonds. The molecule has 2 aromatic rings. The number of hydrogen-bond donors (Lipinski definition) is 0. The van der Waals surface area contributed by atoms with Crippen LogP contribution in [-0.2, 0) is 17.9 Å². The molecule has 0 aliphatic heterocycles. The molecule has 0 fully saturated rings. The third-order valence-electron chi connectivity index (χ3n) is 2.20. The Morgan fingerprint density at radius 1 is 1.59 bits per heavy atom. The molecular weight excluding hydrogens is 227 g/mol. The number of rotatable bonds is 4. The first kappa shape index (κ1) is 11.5. The Hall–Kier alpha value is -1.95. The van der Waals surface area contributed by atoms with E-state index in [1.165, 1.54) is 16.8 Å². The zero-order valence-corrected chi connectivity index (χ0v) is 9.22. The van der Waals surface area contributed by atoms with Gasteiger partial charge in [0, 0.05) is 19.4 Å². The maximum atomic E-state index is 13.0. The van der Waals surface area contributed by atoms with Gasteiger partial charge in [-0.3, -0.25) is 4.79 Å². The lowest BCUT2D eigenvalue weighted by Crippen LogP contribution is -2.22. The minimum atomic E-state index is -0.784. The molecule has 0 saturated heterocycles. The molecule has 0 radical (unpaired) electrons. The number of pyridine rings is 1. The van der Waals surface area contributed by atoms with Crippen LogP contribution in [0.3, 0.4) is 0 Å². The smallest absolute Gasteiger partial charge is 0.286 e. The highest BCUT2D eigenvalue weighted by Gasteiger charge is 2.07. The Labute approximate surface area is 96.4 Å². The van der Waals surface area contributed by atoms with Crippen molar-refractivity contribution in [1.29, 1.82) is 0 Å². The Kier molecular flexibility index (Phi) is 3.34. The molecule has 0 atom stereocenters. The van der Waals surface area contributed by atoms with E-state index >= 15 is 0 Å². The van der Waals surface area contributed by atoms with E-state index in [-0.39, 0.29) is 6.54 Å². The lowest BCUT2D eigenvalue weighted by molar-refractivity contribution is 0.155. The second kappa shape index (κ2) is 4.92. The molecule has 0 saturated carbocycles. The highest BCUT2D eigenvalue weighted by molar-refractivity contribution is 5.06. The van der Waals surface area contributed by atoms with Crippen molar-refractivity contribution in [3.63, 3.8) is 0 Å². The van der Waals surface area contributed by atoms with Gasteiger partial charge in [-0.25, -0.2) is 4.39 Å². The molecule has 0 spiro atoms. The molecule has 6 heteroatoms. The Morgan fingerprint density at radius 2 is 2.41 bits per heavy atom. The lowest BCUT2D eigenvalue weighted by Gasteiger charge is -2.01. The van der Waals surface area contributed by atoms with Gasteiger partial charge in [0.25, 0.3) is 5.56 Å². The van der Waals surface area contributed by atoms with Crippen LogP contribution in [0.25, 0.3) is 0 Å². The van der Waals surface area contributed by atoms with Crippen LogP contribution in [0.5, 0.6) is 0 Å². The van der Waals surface area contributed by atoms with E-state index in [1.807, 2.05) is 0 Å². The fraction of sp³-hybridized carbons (Fsp3) is 0.273. The van der Waals surface area contributed by atoms with Crippen molar-refractivity contribution in [2.75, 3.05) is 7.11 Å². The SMILES string of the molecule is COCc1cc(Cn2cccc(F)c2=O)no1. The quantitative estimate of drug-likeness (QED) is 0.802. The van der Waals surface area contributed by atoms with Crippen LogP contribution in [0.4, 0.5) is 4.39 Å². The van der Waals surface area contributed by atoms with E-state index in [1.54, 1.807) is 13.2 Å². The number of methoxy groups -OCH3 is 1. The highest BCUT2D eigenvalue weighted by atomic mass is 19.1. The monoisotopic (exact) mass is 238 g/mol. The second-order valence-electron chi connectivity index (χ2n) is 3.51. The molecular formula is C11H11FN2O3. The van der Waals surface area contributed by atoms with Crippen molar-refractivity contribution < 1.29 is 13.7 Å². The number of ether oxygens (including phenoxy) is 1. The van der Waals surface area contributed by atoms with Crippen molar-refractivity contribution in [2.24, 2.45) is 0 Å². The Morgan fingerprint density at radius 3 is 3.18 bits per heavy atom. The Balaban J connectivity index is 2.19. The average molecular weight is 238 g/mol. The third kappa shape index (κ3) is 2.59. The standard InChI is InChI=1S/C11H11FN2O3/c1-16-7-9-5-8(13-17-9)6-14-4-2-3-10(12)11(14)15/h2-5H,6-7H2,1H3. The summed E-state index contributed by atoms with van der Waals surface area (Å²) in [6.07, 6.45) is 1.50. The van der Waals surface area contributed by atoms with Crippen molar-refractivity contribution >= 4 is 0 Å². The summed E-state index contributed by atoms with van der Waals surface area (Å²) in [5.41, 5.74) is -0.131. The molecule has 0 aliphatic rings. The summed E-state index contributed by atoms with van der Waals surface area (Å²) < 4.78 is 24.1. The summed E-state index contributed by atoms with van der Waals surface area (Å²) in [7, 11) is 1.54. The lowest BCUT2D eigenvalue weighted by atomic mass is 10.3. The van der Waals surface area contributed by atoms with E-state index in [9.17, 15) is 9.18 Å². The molecule has 0 unspecified atom stereocenters. The third-order valence-corrected chi connectivity index (χ3v) is 2.20. The predicted molar refractivity (Wildman–Crippen MR) is 57.0 cm³/mol.